The minimum atomic E-state index is -1.20. The second-order valence-corrected chi connectivity index (χ2v) is 10.3. The van der Waals surface area contributed by atoms with Crippen LogP contribution in [0.5, 0.6) is 0 Å². The molecule has 0 radical (unpaired) electrons. The molecule has 36 heavy (non-hydrogen) atoms. The largest absolute Gasteiger partial charge is 0.382 e. The molecule has 3 aromatic heterocycles. The van der Waals surface area contributed by atoms with Gasteiger partial charge in [0.05, 0.1) is 22.1 Å². The molecule has 0 saturated carbocycles. The molecule has 0 bridgehead atoms. The number of carbonyl (C=O) groups is 1. The van der Waals surface area contributed by atoms with Crippen molar-refractivity contribution in [3.05, 3.63) is 70.3 Å². The fourth-order valence-corrected chi connectivity index (χ4v) is 4.44. The quantitative estimate of drug-likeness (QED) is 0.552. The first-order valence-corrected chi connectivity index (χ1v) is 12.2. The van der Waals surface area contributed by atoms with Crippen LogP contribution in [0.3, 0.4) is 0 Å². The van der Waals surface area contributed by atoms with Gasteiger partial charge in [0.2, 0.25) is 0 Å². The van der Waals surface area contributed by atoms with Gasteiger partial charge in [-0.2, -0.15) is 0 Å². The van der Waals surface area contributed by atoms with Gasteiger partial charge < -0.3 is 10.0 Å². The van der Waals surface area contributed by atoms with E-state index >= 15 is 0 Å². The SMILES string of the molecule is Cc1cnc(-c2ccnc(C(C)(C)O)n2)cc1C(=O)N1C[C@H](C)N(Cc2ncc(Cl)cc2F)C[C@H]1C. The number of aliphatic hydroxyl groups is 1. The van der Waals surface area contributed by atoms with Crippen molar-refractivity contribution in [1.29, 1.82) is 0 Å². The molecule has 10 heteroatoms. The van der Waals surface area contributed by atoms with Crippen molar-refractivity contribution in [2.75, 3.05) is 13.1 Å². The summed E-state index contributed by atoms with van der Waals surface area (Å²) >= 11 is 5.83. The highest BCUT2D eigenvalue weighted by Crippen LogP contribution is 2.25. The monoisotopic (exact) mass is 512 g/mol. The van der Waals surface area contributed by atoms with E-state index < -0.39 is 11.4 Å². The molecule has 1 aliphatic rings. The van der Waals surface area contributed by atoms with Crippen molar-refractivity contribution in [2.24, 2.45) is 0 Å². The molecule has 3 aromatic rings. The van der Waals surface area contributed by atoms with E-state index in [9.17, 15) is 14.3 Å². The Morgan fingerprint density at radius 1 is 1.14 bits per heavy atom. The Balaban J connectivity index is 1.55. The van der Waals surface area contributed by atoms with Gasteiger partial charge in [-0.1, -0.05) is 11.6 Å². The number of pyridine rings is 2. The zero-order chi connectivity index (χ0) is 26.2. The zero-order valence-electron chi connectivity index (χ0n) is 21.0. The van der Waals surface area contributed by atoms with E-state index in [4.69, 9.17) is 11.6 Å². The molecule has 8 nitrogen and oxygen atoms in total. The number of piperazine rings is 1. The molecule has 1 fully saturated rings. The second-order valence-electron chi connectivity index (χ2n) is 9.88. The van der Waals surface area contributed by atoms with Crippen molar-refractivity contribution >= 4 is 17.5 Å². The molecular weight excluding hydrogens is 483 g/mol. The van der Waals surface area contributed by atoms with Crippen LogP contribution in [0.15, 0.2) is 36.8 Å². The summed E-state index contributed by atoms with van der Waals surface area (Å²) in [6.07, 6.45) is 4.67. The lowest BCUT2D eigenvalue weighted by Crippen LogP contribution is -2.57. The van der Waals surface area contributed by atoms with Gasteiger partial charge in [0.1, 0.15) is 11.4 Å². The average Bonchev–Trinajstić information content (AvgIpc) is 2.82. The molecule has 0 spiro atoms. The van der Waals surface area contributed by atoms with Gasteiger partial charge >= 0.3 is 0 Å². The normalized spacial score (nSPS) is 18.9. The minimum Gasteiger partial charge on any atom is -0.382 e. The summed E-state index contributed by atoms with van der Waals surface area (Å²) in [5.74, 6) is -0.249. The lowest BCUT2D eigenvalue weighted by Gasteiger charge is -2.44. The predicted molar refractivity (Wildman–Crippen MR) is 135 cm³/mol. The molecule has 4 rings (SSSR count). The van der Waals surface area contributed by atoms with Gasteiger partial charge in [0.15, 0.2) is 5.82 Å². The maximum Gasteiger partial charge on any atom is 0.254 e. The van der Waals surface area contributed by atoms with Crippen LogP contribution in [0.2, 0.25) is 5.02 Å². The van der Waals surface area contributed by atoms with Crippen LogP contribution < -0.4 is 0 Å². The summed E-state index contributed by atoms with van der Waals surface area (Å²) in [7, 11) is 0. The summed E-state index contributed by atoms with van der Waals surface area (Å²) in [4.78, 5) is 34.8. The van der Waals surface area contributed by atoms with Crippen molar-refractivity contribution in [3.63, 3.8) is 0 Å². The summed E-state index contributed by atoms with van der Waals surface area (Å²) < 4.78 is 14.3. The Hall–Kier alpha value is -3.01. The zero-order valence-corrected chi connectivity index (χ0v) is 21.8. The standard InChI is InChI=1S/C26H30ClFN6O2/c1-15-10-30-22(21-6-7-29-25(32-21)26(4,5)36)9-19(15)24(35)34-13-16(2)33(12-17(34)3)14-23-20(28)8-18(27)11-31-23/h6-11,16-17,36H,12-14H2,1-5H3/t16-,17+/m0/s1. The third-order valence-corrected chi connectivity index (χ3v) is 6.62. The summed E-state index contributed by atoms with van der Waals surface area (Å²) in [5, 5.41) is 10.5. The molecular formula is C26H30ClFN6O2. The highest BCUT2D eigenvalue weighted by atomic mass is 35.5. The number of amides is 1. The second kappa shape index (κ2) is 10.2. The summed E-state index contributed by atoms with van der Waals surface area (Å²) in [6.45, 7) is 10.5. The molecule has 2 atom stereocenters. The van der Waals surface area contributed by atoms with Gasteiger partial charge in [-0.15, -0.1) is 0 Å². The Morgan fingerprint density at radius 3 is 2.58 bits per heavy atom. The smallest absolute Gasteiger partial charge is 0.254 e. The van der Waals surface area contributed by atoms with Crippen molar-refractivity contribution < 1.29 is 14.3 Å². The lowest BCUT2D eigenvalue weighted by molar-refractivity contribution is 0.0282. The van der Waals surface area contributed by atoms with Crippen LogP contribution in [0.25, 0.3) is 11.4 Å². The van der Waals surface area contributed by atoms with Crippen molar-refractivity contribution in [3.8, 4) is 11.4 Å². The van der Waals surface area contributed by atoms with E-state index in [1.54, 1.807) is 38.4 Å². The first kappa shape index (κ1) is 26.1. The first-order valence-electron chi connectivity index (χ1n) is 11.8. The van der Waals surface area contributed by atoms with Crippen molar-refractivity contribution in [2.45, 2.75) is 58.8 Å². The molecule has 1 saturated heterocycles. The van der Waals surface area contributed by atoms with Gasteiger partial charge in [0, 0.05) is 55.9 Å². The molecule has 190 valence electrons. The number of aryl methyl sites for hydroxylation is 1. The Bertz CT molecular complexity index is 1280. The Labute approximate surface area is 215 Å². The van der Waals surface area contributed by atoms with E-state index in [0.717, 1.165) is 5.56 Å². The molecule has 0 unspecified atom stereocenters. The maximum absolute atomic E-state index is 14.3. The van der Waals surface area contributed by atoms with E-state index in [-0.39, 0.29) is 28.8 Å². The highest BCUT2D eigenvalue weighted by molar-refractivity contribution is 6.30. The van der Waals surface area contributed by atoms with Crippen LogP contribution in [-0.2, 0) is 12.1 Å². The van der Waals surface area contributed by atoms with Gasteiger partial charge in [0.25, 0.3) is 5.91 Å². The topological polar surface area (TPSA) is 95.3 Å². The van der Waals surface area contributed by atoms with E-state index in [0.29, 0.717) is 42.3 Å². The van der Waals surface area contributed by atoms with Gasteiger partial charge in [-0.05, 0) is 58.4 Å². The average molecular weight is 513 g/mol. The summed E-state index contributed by atoms with van der Waals surface area (Å²) in [6, 6.07) is 4.61. The van der Waals surface area contributed by atoms with Crippen LogP contribution in [-0.4, -0.2) is 65.9 Å². The molecule has 1 aliphatic heterocycles. The summed E-state index contributed by atoms with van der Waals surface area (Å²) in [5.41, 5.74) is 1.50. The molecule has 1 amide bonds. The third kappa shape index (κ3) is 5.53. The number of hydrogen-bond acceptors (Lipinski definition) is 7. The third-order valence-electron chi connectivity index (χ3n) is 6.41. The minimum absolute atomic E-state index is 0.000139. The van der Waals surface area contributed by atoms with Crippen molar-refractivity contribution in [1.82, 2.24) is 29.7 Å². The number of rotatable bonds is 5. The van der Waals surface area contributed by atoms with Gasteiger partial charge in [-0.25, -0.2) is 14.4 Å². The number of aromatic nitrogens is 4. The van der Waals surface area contributed by atoms with Crippen LogP contribution in [0.4, 0.5) is 4.39 Å². The fraction of sp³-hybridized carbons (Fsp3) is 0.423. The Kier molecular flexibility index (Phi) is 7.36. The number of carbonyl (C=O) groups excluding carboxylic acids is 1. The molecule has 1 N–H and O–H groups in total. The highest BCUT2D eigenvalue weighted by Gasteiger charge is 2.33. The Morgan fingerprint density at radius 2 is 1.89 bits per heavy atom. The first-order chi connectivity index (χ1) is 16.9. The fourth-order valence-electron chi connectivity index (χ4n) is 4.30. The molecule has 4 heterocycles. The van der Waals surface area contributed by atoms with E-state index in [1.165, 1.54) is 12.3 Å². The number of hydrogen-bond donors (Lipinski definition) is 1. The van der Waals surface area contributed by atoms with Gasteiger partial charge in [-0.3, -0.25) is 19.7 Å². The maximum atomic E-state index is 14.3. The molecule has 0 aliphatic carbocycles. The number of halogens is 2. The molecule has 0 aromatic carbocycles. The van der Waals surface area contributed by atoms with Crippen LogP contribution >= 0.6 is 11.6 Å². The van der Waals surface area contributed by atoms with Crippen LogP contribution in [0, 0.1) is 12.7 Å². The van der Waals surface area contributed by atoms with E-state index in [2.05, 4.69) is 24.8 Å². The lowest BCUT2D eigenvalue weighted by atomic mass is 10.0. The van der Waals surface area contributed by atoms with Crippen LogP contribution in [0.1, 0.15) is 55.1 Å². The van der Waals surface area contributed by atoms with E-state index in [1.807, 2.05) is 25.7 Å². The predicted octanol–water partition coefficient (Wildman–Crippen LogP) is 4.00. The number of nitrogens with zero attached hydrogens (tertiary/aromatic N) is 6.